The standard InChI is InChI=1S/C13H19NO3S/c1-16-13(15)6-5-10-9-18-12(14-10)8-11-4-2-3-7-17-11/h9,11H,2-8H2,1H3. The number of methoxy groups -OCH3 is 1. The lowest BCUT2D eigenvalue weighted by Crippen LogP contribution is -2.21. The molecule has 2 rings (SSSR count). The van der Waals surface area contributed by atoms with Gasteiger partial charge in [0.15, 0.2) is 0 Å². The third-order valence-corrected chi connectivity index (χ3v) is 4.01. The van der Waals surface area contributed by atoms with Crippen LogP contribution in [-0.2, 0) is 27.1 Å². The lowest BCUT2D eigenvalue weighted by molar-refractivity contribution is -0.140. The van der Waals surface area contributed by atoms with Crippen molar-refractivity contribution in [3.63, 3.8) is 0 Å². The van der Waals surface area contributed by atoms with Gasteiger partial charge >= 0.3 is 5.97 Å². The number of carbonyl (C=O) groups excluding carboxylic acids is 1. The first-order valence-electron chi connectivity index (χ1n) is 6.39. The molecule has 0 radical (unpaired) electrons. The van der Waals surface area contributed by atoms with Gasteiger partial charge in [-0.3, -0.25) is 4.79 Å². The minimum absolute atomic E-state index is 0.180. The van der Waals surface area contributed by atoms with Crippen molar-refractivity contribution in [2.75, 3.05) is 13.7 Å². The SMILES string of the molecule is COC(=O)CCc1csc(CC2CCCCO2)n1. The van der Waals surface area contributed by atoms with Gasteiger partial charge in [0.1, 0.15) is 0 Å². The van der Waals surface area contributed by atoms with Crippen LogP contribution in [0.4, 0.5) is 0 Å². The normalized spacial score (nSPS) is 19.7. The summed E-state index contributed by atoms with van der Waals surface area (Å²) in [7, 11) is 1.41. The van der Waals surface area contributed by atoms with E-state index < -0.39 is 0 Å². The second-order valence-electron chi connectivity index (χ2n) is 4.50. The van der Waals surface area contributed by atoms with Crippen molar-refractivity contribution in [2.24, 2.45) is 0 Å². The number of aryl methyl sites for hydroxylation is 1. The lowest BCUT2D eigenvalue weighted by atomic mass is 10.1. The molecule has 1 saturated heterocycles. The van der Waals surface area contributed by atoms with Gasteiger partial charge in [-0.05, 0) is 19.3 Å². The first-order valence-corrected chi connectivity index (χ1v) is 7.27. The summed E-state index contributed by atoms with van der Waals surface area (Å²) in [5, 5.41) is 3.14. The predicted octanol–water partition coefficient (Wildman–Crippen LogP) is 2.36. The Morgan fingerprint density at radius 2 is 2.50 bits per heavy atom. The van der Waals surface area contributed by atoms with Crippen molar-refractivity contribution in [3.8, 4) is 0 Å². The molecule has 4 nitrogen and oxygen atoms in total. The Balaban J connectivity index is 1.80. The number of hydrogen-bond donors (Lipinski definition) is 0. The molecular weight excluding hydrogens is 250 g/mol. The molecule has 1 atom stereocenters. The van der Waals surface area contributed by atoms with Crippen molar-refractivity contribution in [2.45, 2.75) is 44.6 Å². The van der Waals surface area contributed by atoms with Crippen molar-refractivity contribution < 1.29 is 14.3 Å². The minimum Gasteiger partial charge on any atom is -0.469 e. The maximum atomic E-state index is 11.0. The fourth-order valence-electron chi connectivity index (χ4n) is 2.05. The number of ether oxygens (including phenoxy) is 2. The summed E-state index contributed by atoms with van der Waals surface area (Å²) in [6.45, 7) is 0.880. The maximum absolute atomic E-state index is 11.0. The molecule has 0 spiro atoms. The first kappa shape index (κ1) is 13.5. The topological polar surface area (TPSA) is 48.4 Å². The highest BCUT2D eigenvalue weighted by Gasteiger charge is 2.16. The Bertz CT molecular complexity index is 385. The Kier molecular flexibility index (Phi) is 5.13. The lowest BCUT2D eigenvalue weighted by Gasteiger charge is -2.21. The molecule has 0 bridgehead atoms. The number of thiazole rings is 1. The molecule has 0 aromatic carbocycles. The monoisotopic (exact) mass is 269 g/mol. The van der Waals surface area contributed by atoms with Crippen LogP contribution >= 0.6 is 11.3 Å². The van der Waals surface area contributed by atoms with Crippen molar-refractivity contribution in [1.82, 2.24) is 4.98 Å². The zero-order chi connectivity index (χ0) is 12.8. The molecule has 0 amide bonds. The van der Waals surface area contributed by atoms with Crippen LogP contribution in [0.2, 0.25) is 0 Å². The van der Waals surface area contributed by atoms with Crippen molar-refractivity contribution in [1.29, 1.82) is 0 Å². The van der Waals surface area contributed by atoms with E-state index in [1.807, 2.05) is 5.38 Å². The Labute approximate surface area is 111 Å². The van der Waals surface area contributed by atoms with Gasteiger partial charge in [-0.2, -0.15) is 0 Å². The molecule has 1 aromatic rings. The van der Waals surface area contributed by atoms with Gasteiger partial charge in [-0.25, -0.2) is 4.98 Å². The van der Waals surface area contributed by atoms with E-state index in [1.54, 1.807) is 11.3 Å². The van der Waals surface area contributed by atoms with Crippen LogP contribution in [0, 0.1) is 0 Å². The molecule has 18 heavy (non-hydrogen) atoms. The van der Waals surface area contributed by atoms with Crippen LogP contribution in [0.15, 0.2) is 5.38 Å². The van der Waals surface area contributed by atoms with E-state index >= 15 is 0 Å². The van der Waals surface area contributed by atoms with E-state index in [0.29, 0.717) is 18.9 Å². The van der Waals surface area contributed by atoms with E-state index in [2.05, 4.69) is 9.72 Å². The molecule has 2 heterocycles. The average Bonchev–Trinajstić information content (AvgIpc) is 2.85. The summed E-state index contributed by atoms with van der Waals surface area (Å²) in [5.74, 6) is -0.180. The fourth-order valence-corrected chi connectivity index (χ4v) is 2.95. The summed E-state index contributed by atoms with van der Waals surface area (Å²) < 4.78 is 10.3. The highest BCUT2D eigenvalue weighted by molar-refractivity contribution is 7.09. The first-order chi connectivity index (χ1) is 8.78. The summed E-state index contributed by atoms with van der Waals surface area (Å²) in [5.41, 5.74) is 0.983. The number of hydrogen-bond acceptors (Lipinski definition) is 5. The van der Waals surface area contributed by atoms with E-state index in [0.717, 1.165) is 30.2 Å². The van der Waals surface area contributed by atoms with E-state index in [1.165, 1.54) is 20.0 Å². The molecule has 0 saturated carbocycles. The van der Waals surface area contributed by atoms with Crippen LogP contribution in [0.3, 0.4) is 0 Å². The number of rotatable bonds is 5. The predicted molar refractivity (Wildman–Crippen MR) is 69.7 cm³/mol. The summed E-state index contributed by atoms with van der Waals surface area (Å²) in [4.78, 5) is 15.6. The molecular formula is C13H19NO3S. The molecule has 1 aliphatic heterocycles. The van der Waals surface area contributed by atoms with Crippen LogP contribution in [0.5, 0.6) is 0 Å². The average molecular weight is 269 g/mol. The summed E-state index contributed by atoms with van der Waals surface area (Å²) in [6, 6.07) is 0. The molecule has 1 fully saturated rings. The fraction of sp³-hybridized carbons (Fsp3) is 0.692. The van der Waals surface area contributed by atoms with Crippen molar-refractivity contribution >= 4 is 17.3 Å². The molecule has 0 aliphatic carbocycles. The zero-order valence-electron chi connectivity index (χ0n) is 10.7. The number of nitrogens with zero attached hydrogens (tertiary/aromatic N) is 1. The smallest absolute Gasteiger partial charge is 0.305 e. The quantitative estimate of drug-likeness (QED) is 0.770. The second kappa shape index (κ2) is 6.85. The Morgan fingerprint density at radius 3 is 3.22 bits per heavy atom. The summed E-state index contributed by atoms with van der Waals surface area (Å²) in [6.07, 6.45) is 5.87. The Morgan fingerprint density at radius 1 is 1.61 bits per heavy atom. The number of esters is 1. The van der Waals surface area contributed by atoms with Crippen LogP contribution in [-0.4, -0.2) is 30.8 Å². The Hall–Kier alpha value is -0.940. The third kappa shape index (κ3) is 4.07. The molecule has 1 aliphatic rings. The van der Waals surface area contributed by atoms with Crippen LogP contribution in [0.25, 0.3) is 0 Å². The molecule has 1 aromatic heterocycles. The number of carbonyl (C=O) groups is 1. The van der Waals surface area contributed by atoms with Gasteiger partial charge in [0.25, 0.3) is 0 Å². The van der Waals surface area contributed by atoms with E-state index in [4.69, 9.17) is 4.74 Å². The van der Waals surface area contributed by atoms with Gasteiger partial charge in [0, 0.05) is 24.8 Å². The minimum atomic E-state index is -0.180. The molecule has 5 heteroatoms. The highest BCUT2D eigenvalue weighted by Crippen LogP contribution is 2.20. The molecule has 100 valence electrons. The van der Waals surface area contributed by atoms with Gasteiger partial charge in [0.05, 0.1) is 30.3 Å². The maximum Gasteiger partial charge on any atom is 0.305 e. The van der Waals surface area contributed by atoms with Gasteiger partial charge < -0.3 is 9.47 Å². The number of aromatic nitrogens is 1. The zero-order valence-corrected chi connectivity index (χ0v) is 11.5. The highest BCUT2D eigenvalue weighted by atomic mass is 32.1. The van der Waals surface area contributed by atoms with Crippen LogP contribution < -0.4 is 0 Å². The molecule has 1 unspecified atom stereocenters. The van der Waals surface area contributed by atoms with Crippen molar-refractivity contribution in [3.05, 3.63) is 16.1 Å². The van der Waals surface area contributed by atoms with E-state index in [9.17, 15) is 4.79 Å². The largest absolute Gasteiger partial charge is 0.469 e. The van der Waals surface area contributed by atoms with E-state index in [-0.39, 0.29) is 5.97 Å². The molecule has 0 N–H and O–H groups in total. The van der Waals surface area contributed by atoms with Gasteiger partial charge in [-0.15, -0.1) is 11.3 Å². The summed E-state index contributed by atoms with van der Waals surface area (Å²) >= 11 is 1.66. The van der Waals surface area contributed by atoms with Crippen LogP contribution in [0.1, 0.15) is 36.4 Å². The second-order valence-corrected chi connectivity index (χ2v) is 5.44. The van der Waals surface area contributed by atoms with Gasteiger partial charge in [-0.1, -0.05) is 0 Å². The third-order valence-electron chi connectivity index (χ3n) is 3.09. The van der Waals surface area contributed by atoms with Gasteiger partial charge in [0.2, 0.25) is 0 Å².